The zero-order valence-corrected chi connectivity index (χ0v) is 9.97. The van der Waals surface area contributed by atoms with Crippen molar-refractivity contribution in [1.82, 2.24) is 0 Å². The molecule has 0 unspecified atom stereocenters. The Labute approximate surface area is 89.4 Å². The summed E-state index contributed by atoms with van der Waals surface area (Å²) >= 11 is 0. The largest absolute Gasteiger partial charge is 0.103 e. The van der Waals surface area contributed by atoms with Gasteiger partial charge in [-0.3, -0.25) is 0 Å². The summed E-state index contributed by atoms with van der Waals surface area (Å²) in [5.41, 5.74) is 2.96. The Balaban J connectivity index is 3.52. The van der Waals surface area contributed by atoms with Crippen molar-refractivity contribution >= 4 is 0 Å². The molecule has 0 fully saturated rings. The Morgan fingerprint density at radius 3 is 2.43 bits per heavy atom. The van der Waals surface area contributed by atoms with Crippen molar-refractivity contribution in [2.45, 2.75) is 52.9 Å². The standard InChI is InChI=1S/C14H24/c1-5-10-14(6-2)12-9-7-8-11-13(3)4/h5-6,11H,1,7-10,12H2,2-4H3/b14-6+. The average Bonchev–Trinajstić information content (AvgIpc) is 2.15. The second kappa shape index (κ2) is 8.80. The van der Waals surface area contributed by atoms with Crippen LogP contribution in [0.3, 0.4) is 0 Å². The molecule has 0 aliphatic heterocycles. The molecule has 80 valence electrons. The van der Waals surface area contributed by atoms with Crippen LogP contribution in [0.1, 0.15) is 52.9 Å². The fourth-order valence-electron chi connectivity index (χ4n) is 1.44. The lowest BCUT2D eigenvalue weighted by Gasteiger charge is -2.02. The first-order valence-electron chi connectivity index (χ1n) is 5.59. The van der Waals surface area contributed by atoms with E-state index in [0.29, 0.717) is 0 Å². The molecule has 0 aliphatic rings. The molecule has 0 aromatic heterocycles. The Morgan fingerprint density at radius 2 is 1.93 bits per heavy atom. The third kappa shape index (κ3) is 7.85. The van der Waals surface area contributed by atoms with E-state index in [1.165, 1.54) is 36.8 Å². The van der Waals surface area contributed by atoms with Gasteiger partial charge in [-0.1, -0.05) is 29.4 Å². The van der Waals surface area contributed by atoms with Gasteiger partial charge in [-0.2, -0.15) is 0 Å². The van der Waals surface area contributed by atoms with Crippen LogP contribution < -0.4 is 0 Å². The highest BCUT2D eigenvalue weighted by Crippen LogP contribution is 2.13. The molecule has 0 rings (SSSR count). The molecular formula is C14H24. The highest BCUT2D eigenvalue weighted by Gasteiger charge is 1.93. The Hall–Kier alpha value is -0.780. The molecule has 0 radical (unpaired) electrons. The van der Waals surface area contributed by atoms with Gasteiger partial charge >= 0.3 is 0 Å². The monoisotopic (exact) mass is 192 g/mol. The Morgan fingerprint density at radius 1 is 1.21 bits per heavy atom. The molecule has 0 atom stereocenters. The van der Waals surface area contributed by atoms with E-state index in [0.717, 1.165) is 6.42 Å². The predicted molar refractivity (Wildman–Crippen MR) is 66.5 cm³/mol. The van der Waals surface area contributed by atoms with Gasteiger partial charge in [0.15, 0.2) is 0 Å². The first kappa shape index (κ1) is 13.2. The number of allylic oxidation sites excluding steroid dienone is 5. The number of hydrogen-bond acceptors (Lipinski definition) is 0. The van der Waals surface area contributed by atoms with Crippen LogP contribution in [0, 0.1) is 0 Å². The van der Waals surface area contributed by atoms with Gasteiger partial charge in [0.25, 0.3) is 0 Å². The third-order valence-electron chi connectivity index (χ3n) is 2.32. The molecule has 0 heterocycles. The van der Waals surface area contributed by atoms with Gasteiger partial charge in [0.05, 0.1) is 0 Å². The van der Waals surface area contributed by atoms with Crippen molar-refractivity contribution in [1.29, 1.82) is 0 Å². The summed E-state index contributed by atoms with van der Waals surface area (Å²) in [6, 6.07) is 0. The van der Waals surface area contributed by atoms with E-state index in [2.05, 4.69) is 39.5 Å². The molecule has 0 aromatic carbocycles. The van der Waals surface area contributed by atoms with Crippen LogP contribution in [0.15, 0.2) is 36.0 Å². The van der Waals surface area contributed by atoms with Gasteiger partial charge in [-0.15, -0.1) is 6.58 Å². The van der Waals surface area contributed by atoms with E-state index in [1.54, 1.807) is 0 Å². The molecule has 0 bridgehead atoms. The van der Waals surface area contributed by atoms with Gasteiger partial charge in [0.1, 0.15) is 0 Å². The van der Waals surface area contributed by atoms with Crippen molar-refractivity contribution < 1.29 is 0 Å². The molecule has 0 saturated heterocycles. The Bertz CT molecular complexity index is 202. The van der Waals surface area contributed by atoms with Crippen LogP contribution in [-0.4, -0.2) is 0 Å². The average molecular weight is 192 g/mol. The molecule has 0 saturated carbocycles. The first-order valence-corrected chi connectivity index (χ1v) is 5.59. The van der Waals surface area contributed by atoms with Crippen molar-refractivity contribution in [3.05, 3.63) is 36.0 Å². The summed E-state index contributed by atoms with van der Waals surface area (Å²) in [5, 5.41) is 0. The van der Waals surface area contributed by atoms with Gasteiger partial charge in [0, 0.05) is 0 Å². The summed E-state index contributed by atoms with van der Waals surface area (Å²) in [4.78, 5) is 0. The van der Waals surface area contributed by atoms with E-state index >= 15 is 0 Å². The van der Waals surface area contributed by atoms with E-state index in [9.17, 15) is 0 Å². The predicted octanol–water partition coefficient (Wildman–Crippen LogP) is 5.04. The highest BCUT2D eigenvalue weighted by molar-refractivity contribution is 5.04. The summed E-state index contributed by atoms with van der Waals surface area (Å²) in [6.45, 7) is 10.2. The number of rotatable bonds is 7. The lowest BCUT2D eigenvalue weighted by molar-refractivity contribution is 0.731. The van der Waals surface area contributed by atoms with E-state index in [4.69, 9.17) is 0 Å². The van der Waals surface area contributed by atoms with Crippen LogP contribution in [0.5, 0.6) is 0 Å². The zero-order valence-electron chi connectivity index (χ0n) is 9.97. The zero-order chi connectivity index (χ0) is 10.8. The second-order valence-corrected chi connectivity index (χ2v) is 3.97. The minimum absolute atomic E-state index is 1.05. The van der Waals surface area contributed by atoms with Gasteiger partial charge in [0.2, 0.25) is 0 Å². The lowest BCUT2D eigenvalue weighted by atomic mass is 10.0. The first-order chi connectivity index (χ1) is 6.70. The molecule has 14 heavy (non-hydrogen) atoms. The van der Waals surface area contributed by atoms with Crippen LogP contribution in [0.4, 0.5) is 0 Å². The molecule has 0 nitrogen and oxygen atoms in total. The van der Waals surface area contributed by atoms with Gasteiger partial charge in [-0.05, 0) is 52.9 Å². The van der Waals surface area contributed by atoms with E-state index < -0.39 is 0 Å². The highest BCUT2D eigenvalue weighted by atomic mass is 14.0. The molecule has 0 aromatic rings. The van der Waals surface area contributed by atoms with Crippen molar-refractivity contribution in [3.8, 4) is 0 Å². The van der Waals surface area contributed by atoms with Crippen molar-refractivity contribution in [2.24, 2.45) is 0 Å². The summed E-state index contributed by atoms with van der Waals surface area (Å²) < 4.78 is 0. The van der Waals surface area contributed by atoms with Gasteiger partial charge < -0.3 is 0 Å². The molecule has 0 aliphatic carbocycles. The number of unbranched alkanes of at least 4 members (excludes halogenated alkanes) is 2. The van der Waals surface area contributed by atoms with E-state index in [-0.39, 0.29) is 0 Å². The quantitative estimate of drug-likeness (QED) is 0.392. The van der Waals surface area contributed by atoms with E-state index in [1.807, 2.05) is 6.08 Å². The summed E-state index contributed by atoms with van der Waals surface area (Å²) in [5.74, 6) is 0. The maximum atomic E-state index is 3.77. The van der Waals surface area contributed by atoms with Crippen molar-refractivity contribution in [2.75, 3.05) is 0 Å². The maximum Gasteiger partial charge on any atom is -0.0142 e. The molecular weight excluding hydrogens is 168 g/mol. The topological polar surface area (TPSA) is 0 Å². The van der Waals surface area contributed by atoms with Crippen LogP contribution in [0.25, 0.3) is 0 Å². The number of hydrogen-bond donors (Lipinski definition) is 0. The lowest BCUT2D eigenvalue weighted by Crippen LogP contribution is -1.82. The maximum absolute atomic E-state index is 3.77. The molecule has 0 amide bonds. The third-order valence-corrected chi connectivity index (χ3v) is 2.32. The minimum Gasteiger partial charge on any atom is -0.103 e. The SMILES string of the molecule is C=CC/C(=C\C)CCCCC=C(C)C. The van der Waals surface area contributed by atoms with Crippen LogP contribution >= 0.6 is 0 Å². The van der Waals surface area contributed by atoms with Crippen LogP contribution in [0.2, 0.25) is 0 Å². The normalized spacial score (nSPS) is 11.2. The smallest absolute Gasteiger partial charge is 0.0142 e. The van der Waals surface area contributed by atoms with Crippen LogP contribution in [-0.2, 0) is 0 Å². The van der Waals surface area contributed by atoms with Crippen molar-refractivity contribution in [3.63, 3.8) is 0 Å². The fraction of sp³-hybridized carbons (Fsp3) is 0.571. The molecule has 0 N–H and O–H groups in total. The minimum atomic E-state index is 1.05. The summed E-state index contributed by atoms with van der Waals surface area (Å²) in [6.07, 6.45) is 12.7. The van der Waals surface area contributed by atoms with Gasteiger partial charge in [-0.25, -0.2) is 0 Å². The molecule has 0 spiro atoms. The fourth-order valence-corrected chi connectivity index (χ4v) is 1.44. The summed E-state index contributed by atoms with van der Waals surface area (Å²) in [7, 11) is 0. The Kier molecular flexibility index (Phi) is 8.31. The second-order valence-electron chi connectivity index (χ2n) is 3.97. The molecule has 0 heteroatoms.